The highest BCUT2D eigenvalue weighted by Crippen LogP contribution is 2.35. The lowest BCUT2D eigenvalue weighted by Gasteiger charge is -2.09. The van der Waals surface area contributed by atoms with Crippen molar-refractivity contribution >= 4 is 61.3 Å². The molecule has 2 heterocycles. The van der Waals surface area contributed by atoms with Crippen LogP contribution in [0.5, 0.6) is 0 Å². The van der Waals surface area contributed by atoms with Crippen molar-refractivity contribution in [3.63, 3.8) is 0 Å². The number of benzene rings is 2. The van der Waals surface area contributed by atoms with Crippen molar-refractivity contribution < 1.29 is 9.31 Å². The van der Waals surface area contributed by atoms with Crippen molar-refractivity contribution in [1.29, 1.82) is 0 Å². The lowest BCUT2D eigenvalue weighted by molar-refractivity contribution is -0.383. The maximum atomic E-state index is 13.4. The third kappa shape index (κ3) is 3.93. The van der Waals surface area contributed by atoms with Crippen LogP contribution in [0.3, 0.4) is 0 Å². The van der Waals surface area contributed by atoms with E-state index in [1.165, 1.54) is 29.8 Å². The number of aromatic nitrogens is 3. The second kappa shape index (κ2) is 7.57. The predicted octanol–water partition coefficient (Wildman–Crippen LogP) is 5.58. The minimum absolute atomic E-state index is 0.0171. The highest BCUT2D eigenvalue weighted by molar-refractivity contribution is 7.22. The van der Waals surface area contributed by atoms with Gasteiger partial charge in [-0.15, -0.1) is 0 Å². The summed E-state index contributed by atoms with van der Waals surface area (Å²) >= 11 is 7.13. The fraction of sp³-hybridized carbons (Fsp3) is 0.0556. The number of thiazole rings is 1. The molecule has 29 heavy (non-hydrogen) atoms. The molecular formula is C18H12ClFN6O2S. The van der Waals surface area contributed by atoms with Crippen LogP contribution in [0.1, 0.15) is 5.56 Å². The Labute approximate surface area is 172 Å². The molecule has 2 N–H and O–H groups in total. The van der Waals surface area contributed by atoms with Gasteiger partial charge in [-0.1, -0.05) is 29.0 Å². The highest BCUT2D eigenvalue weighted by atomic mass is 35.5. The van der Waals surface area contributed by atoms with E-state index in [-0.39, 0.29) is 22.3 Å². The number of nitro groups is 1. The van der Waals surface area contributed by atoms with E-state index in [9.17, 15) is 14.5 Å². The van der Waals surface area contributed by atoms with Crippen LogP contribution in [0.25, 0.3) is 10.2 Å². The Morgan fingerprint density at radius 2 is 1.90 bits per heavy atom. The first-order valence-corrected chi connectivity index (χ1v) is 9.46. The maximum Gasteiger partial charge on any atom is 0.353 e. The van der Waals surface area contributed by atoms with Gasteiger partial charge in [-0.25, -0.2) is 19.3 Å². The molecule has 4 rings (SSSR count). The van der Waals surface area contributed by atoms with Crippen molar-refractivity contribution in [2.24, 2.45) is 0 Å². The van der Waals surface area contributed by atoms with E-state index in [0.29, 0.717) is 10.8 Å². The number of hydrogen-bond acceptors (Lipinski definition) is 8. The van der Waals surface area contributed by atoms with Crippen LogP contribution < -0.4 is 10.6 Å². The molecule has 0 bridgehead atoms. The molecule has 0 saturated heterocycles. The van der Waals surface area contributed by atoms with Gasteiger partial charge in [-0.3, -0.25) is 10.1 Å². The van der Waals surface area contributed by atoms with Gasteiger partial charge in [-0.2, -0.15) is 0 Å². The molecular weight excluding hydrogens is 419 g/mol. The molecule has 11 heteroatoms. The molecule has 8 nitrogen and oxygen atoms in total. The molecule has 2 aromatic carbocycles. The summed E-state index contributed by atoms with van der Waals surface area (Å²) in [4.78, 5) is 23.5. The Morgan fingerprint density at radius 1 is 1.14 bits per heavy atom. The molecule has 0 aliphatic rings. The smallest absolute Gasteiger partial charge is 0.334 e. The fourth-order valence-electron chi connectivity index (χ4n) is 2.63. The minimum atomic E-state index is -0.604. The topological polar surface area (TPSA) is 106 Å². The number of anilines is 4. The van der Waals surface area contributed by atoms with Crippen LogP contribution in [-0.4, -0.2) is 19.9 Å². The Kier molecular flexibility index (Phi) is 4.95. The quantitative estimate of drug-likeness (QED) is 0.314. The molecule has 146 valence electrons. The first kappa shape index (κ1) is 19.0. The van der Waals surface area contributed by atoms with Crippen LogP contribution in [0.15, 0.2) is 42.7 Å². The number of fused-ring (bicyclic) bond motifs is 1. The van der Waals surface area contributed by atoms with Crippen LogP contribution in [0, 0.1) is 22.9 Å². The average molecular weight is 431 g/mol. The van der Waals surface area contributed by atoms with Gasteiger partial charge in [0, 0.05) is 5.69 Å². The van der Waals surface area contributed by atoms with Gasteiger partial charge in [0.15, 0.2) is 5.13 Å². The van der Waals surface area contributed by atoms with Gasteiger partial charge >= 0.3 is 5.69 Å². The molecule has 0 spiro atoms. The largest absolute Gasteiger partial charge is 0.353 e. The summed E-state index contributed by atoms with van der Waals surface area (Å²) in [6, 6.07) is 9.67. The van der Waals surface area contributed by atoms with E-state index < -0.39 is 10.7 Å². The summed E-state index contributed by atoms with van der Waals surface area (Å²) in [6.07, 6.45) is 1.18. The number of aryl methyl sites for hydroxylation is 1. The standard InChI is InChI=1S/C18H12ClFN6O2S/c1-9-2-5-13-14(6-9)29-18(24-13)25-17-15(26(27)28)16(21-8-22-17)23-10-3-4-12(20)11(19)7-10/h2-8H,1H3,(H2,21,22,23,24,25). The van der Waals surface area contributed by atoms with E-state index in [1.807, 2.05) is 25.1 Å². The van der Waals surface area contributed by atoms with E-state index in [4.69, 9.17) is 11.6 Å². The van der Waals surface area contributed by atoms with Crippen LogP contribution in [-0.2, 0) is 0 Å². The molecule has 0 amide bonds. The van der Waals surface area contributed by atoms with Gasteiger partial charge in [0.25, 0.3) is 0 Å². The average Bonchev–Trinajstić information content (AvgIpc) is 3.06. The third-order valence-electron chi connectivity index (χ3n) is 3.96. The summed E-state index contributed by atoms with van der Waals surface area (Å²) in [7, 11) is 0. The van der Waals surface area contributed by atoms with E-state index in [0.717, 1.165) is 21.8 Å². The number of nitrogens with zero attached hydrogens (tertiary/aromatic N) is 4. The van der Waals surface area contributed by atoms with Crippen molar-refractivity contribution in [3.05, 3.63) is 69.2 Å². The van der Waals surface area contributed by atoms with Crippen LogP contribution in [0.2, 0.25) is 5.02 Å². The second-order valence-electron chi connectivity index (χ2n) is 6.05. The molecule has 0 aliphatic heterocycles. The monoisotopic (exact) mass is 430 g/mol. The van der Waals surface area contributed by atoms with Crippen molar-refractivity contribution in [3.8, 4) is 0 Å². The SMILES string of the molecule is Cc1ccc2nc(Nc3ncnc(Nc4ccc(F)c(Cl)c4)c3[N+](=O)[O-])sc2c1. The predicted molar refractivity (Wildman–Crippen MR) is 111 cm³/mol. The lowest BCUT2D eigenvalue weighted by atomic mass is 10.2. The Hall–Kier alpha value is -3.37. The van der Waals surface area contributed by atoms with E-state index in [1.54, 1.807) is 0 Å². The zero-order valence-corrected chi connectivity index (χ0v) is 16.4. The maximum absolute atomic E-state index is 13.4. The Morgan fingerprint density at radius 3 is 2.62 bits per heavy atom. The molecule has 0 fully saturated rings. The Bertz CT molecular complexity index is 1250. The van der Waals surface area contributed by atoms with Crippen LogP contribution in [0.4, 0.5) is 32.5 Å². The molecule has 0 unspecified atom stereocenters. The Balaban J connectivity index is 1.70. The van der Waals surface area contributed by atoms with Gasteiger partial charge in [0.05, 0.1) is 20.2 Å². The zero-order chi connectivity index (χ0) is 20.5. The van der Waals surface area contributed by atoms with Gasteiger partial charge < -0.3 is 10.6 Å². The minimum Gasteiger partial charge on any atom is -0.334 e. The lowest BCUT2D eigenvalue weighted by Crippen LogP contribution is -2.05. The zero-order valence-electron chi connectivity index (χ0n) is 14.8. The van der Waals surface area contributed by atoms with Gasteiger partial charge in [0.2, 0.25) is 11.6 Å². The van der Waals surface area contributed by atoms with E-state index in [2.05, 4.69) is 25.6 Å². The van der Waals surface area contributed by atoms with Crippen molar-refractivity contribution in [1.82, 2.24) is 15.0 Å². The first-order chi connectivity index (χ1) is 13.9. The molecule has 2 aromatic heterocycles. The summed E-state index contributed by atoms with van der Waals surface area (Å²) < 4.78 is 14.3. The summed E-state index contributed by atoms with van der Waals surface area (Å²) in [5.41, 5.74) is 1.84. The number of halogens is 2. The molecule has 0 saturated carbocycles. The van der Waals surface area contributed by atoms with Gasteiger partial charge in [-0.05, 0) is 42.8 Å². The number of hydrogen-bond donors (Lipinski definition) is 2. The number of rotatable bonds is 5. The molecule has 4 aromatic rings. The summed E-state index contributed by atoms with van der Waals surface area (Å²) in [5.74, 6) is -0.675. The molecule has 0 radical (unpaired) electrons. The van der Waals surface area contributed by atoms with E-state index >= 15 is 0 Å². The summed E-state index contributed by atoms with van der Waals surface area (Å²) in [6.45, 7) is 1.97. The highest BCUT2D eigenvalue weighted by Gasteiger charge is 2.24. The van der Waals surface area contributed by atoms with Crippen molar-refractivity contribution in [2.45, 2.75) is 6.92 Å². The second-order valence-corrected chi connectivity index (χ2v) is 7.48. The molecule has 0 atom stereocenters. The number of nitrogens with one attached hydrogen (secondary N) is 2. The third-order valence-corrected chi connectivity index (χ3v) is 5.18. The first-order valence-electron chi connectivity index (χ1n) is 8.26. The van der Waals surface area contributed by atoms with Crippen LogP contribution >= 0.6 is 22.9 Å². The van der Waals surface area contributed by atoms with Gasteiger partial charge in [0.1, 0.15) is 12.1 Å². The van der Waals surface area contributed by atoms with Crippen molar-refractivity contribution in [2.75, 3.05) is 10.6 Å². The summed E-state index contributed by atoms with van der Waals surface area (Å²) in [5, 5.41) is 17.7. The normalized spacial score (nSPS) is 10.9. The molecule has 0 aliphatic carbocycles. The fourth-order valence-corrected chi connectivity index (χ4v) is 3.78.